The maximum absolute atomic E-state index is 10.8. The average Bonchev–Trinajstić information content (AvgIpc) is 2.55. The van der Waals surface area contributed by atoms with E-state index in [0.717, 1.165) is 33.6 Å². The van der Waals surface area contributed by atoms with Gasteiger partial charge in [0, 0.05) is 24.5 Å². The fourth-order valence-electron chi connectivity index (χ4n) is 2.71. The summed E-state index contributed by atoms with van der Waals surface area (Å²) < 4.78 is 60.7. The molecule has 0 fully saturated rings. The van der Waals surface area contributed by atoms with E-state index in [1.54, 1.807) is 0 Å². The van der Waals surface area contributed by atoms with Crippen LogP contribution in [0, 0.1) is 13.8 Å². The topological polar surface area (TPSA) is 133 Å². The van der Waals surface area contributed by atoms with Crippen LogP contribution in [-0.4, -0.2) is 50.5 Å². The Morgan fingerprint density at radius 1 is 0.733 bits per heavy atom. The number of hydrogen-bond donors (Lipinski definition) is 4. The Hall–Kier alpha value is -0.140. The number of aryl methyl sites for hydroxylation is 2. The molecule has 0 heterocycles. The molecule has 158 valence electrons. The number of nitrogens with one attached hydrogen (secondary N) is 2. The molecular weight excluding hydrogens is 450 g/mol. The molecule has 0 aliphatic rings. The van der Waals surface area contributed by atoms with Crippen molar-refractivity contribution in [3.05, 3.63) is 47.5 Å². The first-order chi connectivity index (χ1) is 12.9. The Balaban J connectivity index is -0.00000210. The third kappa shape index (κ3) is 10.4. The van der Waals surface area contributed by atoms with Gasteiger partial charge in [-0.1, -0.05) is 12.1 Å². The van der Waals surface area contributed by atoms with E-state index < -0.39 is 20.2 Å². The van der Waals surface area contributed by atoms with Crippen molar-refractivity contribution < 1.29 is 87.9 Å². The molecule has 12 heteroatoms. The predicted octanol–water partition coefficient (Wildman–Crippen LogP) is -3.20. The van der Waals surface area contributed by atoms with Crippen LogP contribution in [-0.2, 0) is 20.2 Å². The van der Waals surface area contributed by atoms with Crippen LogP contribution in [0.15, 0.2) is 36.4 Å². The van der Waals surface area contributed by atoms with Crippen LogP contribution >= 0.6 is 0 Å². The van der Waals surface area contributed by atoms with E-state index in [1.165, 1.54) is 0 Å². The van der Waals surface area contributed by atoms with E-state index in [-0.39, 0.29) is 86.6 Å². The molecule has 2 aromatic rings. The van der Waals surface area contributed by atoms with E-state index >= 15 is 0 Å². The van der Waals surface area contributed by atoms with Crippen molar-refractivity contribution in [3.8, 4) is 11.1 Å². The van der Waals surface area contributed by atoms with E-state index in [1.807, 2.05) is 50.2 Å². The van der Waals surface area contributed by atoms with Crippen molar-refractivity contribution in [2.24, 2.45) is 0 Å². The van der Waals surface area contributed by atoms with Gasteiger partial charge in [-0.15, -0.1) is 0 Å². The van der Waals surface area contributed by atoms with E-state index in [9.17, 15) is 16.8 Å². The standard InChI is InChI=1S/C18H24N2O6S2.2Na.2H/c1-13-11-15(3-5-17(13)19-7-9-27(21,22)23)16-4-6-18(14(2)12-16)20-8-10-28(24,25)26;;;;/h3-6,11-12,19-20H,7-10H2,1-2H3,(H,21,22,23)(H,24,25,26);;;;/q;2*+1;2*-1. The van der Waals surface area contributed by atoms with Crippen molar-refractivity contribution in [2.45, 2.75) is 13.8 Å². The predicted molar refractivity (Wildman–Crippen MR) is 113 cm³/mol. The molecule has 2 aromatic carbocycles. The Morgan fingerprint density at radius 2 is 1.07 bits per heavy atom. The van der Waals surface area contributed by atoms with Gasteiger partial charge in [0.05, 0.1) is 11.5 Å². The molecule has 0 aliphatic carbocycles. The van der Waals surface area contributed by atoms with Gasteiger partial charge in [-0.3, -0.25) is 9.11 Å². The smallest absolute Gasteiger partial charge is 1.00 e. The number of anilines is 2. The van der Waals surface area contributed by atoms with Crippen LogP contribution in [0.25, 0.3) is 11.1 Å². The first kappa shape index (κ1) is 29.9. The van der Waals surface area contributed by atoms with Crippen molar-refractivity contribution >= 4 is 31.6 Å². The summed E-state index contributed by atoms with van der Waals surface area (Å²) in [6, 6.07) is 11.4. The molecule has 0 spiro atoms. The molecule has 2 rings (SSSR count). The molecule has 0 aromatic heterocycles. The largest absolute Gasteiger partial charge is 1.00 e. The number of rotatable bonds is 9. The molecule has 8 nitrogen and oxygen atoms in total. The molecule has 30 heavy (non-hydrogen) atoms. The minimum Gasteiger partial charge on any atom is -1.00 e. The average molecular weight is 477 g/mol. The quantitative estimate of drug-likeness (QED) is 0.220. The Morgan fingerprint density at radius 3 is 1.33 bits per heavy atom. The van der Waals surface area contributed by atoms with Crippen LogP contribution in [0.2, 0.25) is 0 Å². The molecule has 0 saturated carbocycles. The zero-order valence-electron chi connectivity index (χ0n) is 19.6. The summed E-state index contributed by atoms with van der Waals surface area (Å²) in [6.45, 7) is 4.03. The van der Waals surface area contributed by atoms with Crippen LogP contribution in [0.3, 0.4) is 0 Å². The molecule has 0 atom stereocenters. The summed E-state index contributed by atoms with van der Waals surface area (Å²) in [5, 5.41) is 5.97. The van der Waals surface area contributed by atoms with Gasteiger partial charge in [0.2, 0.25) is 0 Å². The second-order valence-corrected chi connectivity index (χ2v) is 9.63. The summed E-state index contributed by atoms with van der Waals surface area (Å²) in [5.74, 6) is -0.723. The Bertz CT molecular complexity index is 986. The first-order valence-electron chi connectivity index (χ1n) is 8.54. The summed E-state index contributed by atoms with van der Waals surface area (Å²) in [7, 11) is -8.00. The third-order valence-electron chi connectivity index (χ3n) is 4.14. The molecule has 0 amide bonds. The van der Waals surface area contributed by atoms with Gasteiger partial charge < -0.3 is 13.5 Å². The summed E-state index contributed by atoms with van der Waals surface area (Å²) in [6.07, 6.45) is 0. The van der Waals surface area contributed by atoms with E-state index in [0.29, 0.717) is 0 Å². The zero-order valence-corrected chi connectivity index (χ0v) is 23.3. The molecule has 0 bridgehead atoms. The molecule has 0 unspecified atom stereocenters. The van der Waals surface area contributed by atoms with Gasteiger partial charge in [0.15, 0.2) is 0 Å². The Kier molecular flexibility index (Phi) is 12.7. The summed E-state index contributed by atoms with van der Waals surface area (Å²) in [5.41, 5.74) is 5.39. The minimum absolute atomic E-state index is 0. The molecule has 0 aliphatic heterocycles. The monoisotopic (exact) mass is 476 g/mol. The fraction of sp³-hybridized carbons (Fsp3) is 0.333. The van der Waals surface area contributed by atoms with Crippen molar-refractivity contribution in [3.63, 3.8) is 0 Å². The van der Waals surface area contributed by atoms with Crippen molar-refractivity contribution in [2.75, 3.05) is 35.2 Å². The second-order valence-electron chi connectivity index (χ2n) is 6.49. The number of benzene rings is 2. The second kappa shape index (κ2) is 12.8. The maximum Gasteiger partial charge on any atom is 1.00 e. The molecule has 0 radical (unpaired) electrons. The molecule has 0 saturated heterocycles. The van der Waals surface area contributed by atoms with Gasteiger partial charge in [0.1, 0.15) is 0 Å². The maximum atomic E-state index is 10.8. The van der Waals surface area contributed by atoms with Crippen LogP contribution in [0.1, 0.15) is 14.0 Å². The van der Waals surface area contributed by atoms with Gasteiger partial charge in [0.25, 0.3) is 20.2 Å². The van der Waals surface area contributed by atoms with Crippen LogP contribution in [0.4, 0.5) is 11.4 Å². The van der Waals surface area contributed by atoms with Crippen LogP contribution < -0.4 is 69.7 Å². The van der Waals surface area contributed by atoms with E-state index in [2.05, 4.69) is 10.6 Å². The molecule has 4 N–H and O–H groups in total. The third-order valence-corrected chi connectivity index (χ3v) is 5.58. The summed E-state index contributed by atoms with van der Waals surface area (Å²) in [4.78, 5) is 0. The Labute approximate surface area is 225 Å². The van der Waals surface area contributed by atoms with Gasteiger partial charge in [-0.05, 0) is 60.4 Å². The first-order valence-corrected chi connectivity index (χ1v) is 11.8. The normalized spacial score (nSPS) is 11.2. The van der Waals surface area contributed by atoms with Crippen molar-refractivity contribution in [1.82, 2.24) is 0 Å². The van der Waals surface area contributed by atoms with E-state index in [4.69, 9.17) is 9.11 Å². The summed E-state index contributed by atoms with van der Waals surface area (Å²) >= 11 is 0. The molecular formula is C18H26N2Na2O6S2. The number of hydrogen-bond acceptors (Lipinski definition) is 6. The van der Waals surface area contributed by atoms with Crippen LogP contribution in [0.5, 0.6) is 0 Å². The van der Waals surface area contributed by atoms with Gasteiger partial charge in [-0.25, -0.2) is 0 Å². The van der Waals surface area contributed by atoms with Gasteiger partial charge >= 0.3 is 59.1 Å². The fourth-order valence-corrected chi connectivity index (χ4v) is 3.43. The minimum atomic E-state index is -4.00. The van der Waals surface area contributed by atoms with Crippen molar-refractivity contribution in [1.29, 1.82) is 0 Å². The van der Waals surface area contributed by atoms with Gasteiger partial charge in [-0.2, -0.15) is 16.8 Å². The SMILES string of the molecule is Cc1cc(-c2ccc(NCCS(=O)(=O)O)c(C)c2)ccc1NCCS(=O)(=O)O.[H-].[H-].[Na+].[Na+]. The zero-order chi connectivity index (χ0) is 20.9.